The summed E-state index contributed by atoms with van der Waals surface area (Å²) in [5.74, 6) is 0. The van der Waals surface area contributed by atoms with Gasteiger partial charge >= 0.3 is 0 Å². The van der Waals surface area contributed by atoms with Gasteiger partial charge in [0, 0.05) is 16.8 Å². The highest BCUT2D eigenvalue weighted by Gasteiger charge is 1.98. The zero-order chi connectivity index (χ0) is 12.8. The van der Waals surface area contributed by atoms with Crippen molar-refractivity contribution in [2.45, 2.75) is 17.3 Å². The van der Waals surface area contributed by atoms with Gasteiger partial charge in [-0.15, -0.1) is 0 Å². The maximum absolute atomic E-state index is 8.74. The number of hydrogen-bond acceptors (Lipinski definition) is 2. The molecule has 0 unspecified atom stereocenters. The quantitative estimate of drug-likeness (QED) is 0.624. The van der Waals surface area contributed by atoms with Crippen molar-refractivity contribution in [2.24, 2.45) is 0 Å². The van der Waals surface area contributed by atoms with Gasteiger partial charge in [0.2, 0.25) is 0 Å². The zero-order valence-electron chi connectivity index (χ0n) is 9.94. The normalized spacial score (nSPS) is 10.0. The Morgan fingerprint density at radius 2 is 1.67 bits per heavy atom. The molecule has 0 N–H and O–H groups in total. The molecule has 2 aromatic rings. The van der Waals surface area contributed by atoms with E-state index < -0.39 is 0 Å². The summed E-state index contributed by atoms with van der Waals surface area (Å²) in [7, 11) is 0. The van der Waals surface area contributed by atoms with Gasteiger partial charge in [0.05, 0.1) is 11.6 Å². The Labute approximate surface area is 121 Å². The van der Waals surface area contributed by atoms with E-state index in [0.717, 1.165) is 17.3 Å². The molecule has 0 aliphatic carbocycles. The Balaban J connectivity index is 2.00. The van der Waals surface area contributed by atoms with E-state index in [9.17, 15) is 0 Å². The van der Waals surface area contributed by atoms with Crippen LogP contribution in [0.5, 0.6) is 0 Å². The number of nitriles is 1. The van der Waals surface area contributed by atoms with Crippen molar-refractivity contribution in [3.05, 3.63) is 65.0 Å². The SMILES string of the molecule is N#Cc1ccc(CCc2cncc(CI)c2)cc1. The van der Waals surface area contributed by atoms with Crippen LogP contribution in [0.1, 0.15) is 22.3 Å². The van der Waals surface area contributed by atoms with Crippen LogP contribution in [0.4, 0.5) is 0 Å². The topological polar surface area (TPSA) is 36.7 Å². The molecule has 0 radical (unpaired) electrons. The summed E-state index contributed by atoms with van der Waals surface area (Å²) >= 11 is 2.35. The van der Waals surface area contributed by atoms with Gasteiger partial charge in [0.25, 0.3) is 0 Å². The first-order valence-electron chi connectivity index (χ1n) is 5.79. The second-order valence-corrected chi connectivity index (χ2v) is 4.91. The lowest BCUT2D eigenvalue weighted by Gasteiger charge is -2.03. The van der Waals surface area contributed by atoms with Crippen molar-refractivity contribution in [1.29, 1.82) is 5.26 Å². The first kappa shape index (κ1) is 13.0. The molecule has 0 spiro atoms. The number of aryl methyl sites for hydroxylation is 2. The largest absolute Gasteiger partial charge is 0.264 e. The zero-order valence-corrected chi connectivity index (χ0v) is 12.1. The number of hydrogen-bond donors (Lipinski definition) is 0. The molecular weight excluding hydrogens is 335 g/mol. The van der Waals surface area contributed by atoms with Crippen LogP contribution in [0, 0.1) is 11.3 Å². The van der Waals surface area contributed by atoms with E-state index >= 15 is 0 Å². The van der Waals surface area contributed by atoms with Crippen LogP contribution in [0.3, 0.4) is 0 Å². The van der Waals surface area contributed by atoms with Crippen LogP contribution < -0.4 is 0 Å². The number of rotatable bonds is 4. The smallest absolute Gasteiger partial charge is 0.0991 e. The third-order valence-electron chi connectivity index (χ3n) is 2.79. The second-order valence-electron chi connectivity index (χ2n) is 4.14. The monoisotopic (exact) mass is 348 g/mol. The Hall–Kier alpha value is -1.41. The summed E-state index contributed by atoms with van der Waals surface area (Å²) < 4.78 is 0.996. The highest BCUT2D eigenvalue weighted by Crippen LogP contribution is 2.11. The number of aromatic nitrogens is 1. The number of halogens is 1. The fourth-order valence-corrected chi connectivity index (χ4v) is 2.20. The predicted octanol–water partition coefficient (Wildman–Crippen LogP) is 3.67. The van der Waals surface area contributed by atoms with Crippen LogP contribution in [-0.2, 0) is 17.3 Å². The molecular formula is C15H13IN2. The third kappa shape index (κ3) is 3.54. The third-order valence-corrected chi connectivity index (χ3v) is 3.67. The molecule has 0 amide bonds. The lowest BCUT2D eigenvalue weighted by Crippen LogP contribution is -1.93. The van der Waals surface area contributed by atoms with Crippen LogP contribution in [0.2, 0.25) is 0 Å². The summed E-state index contributed by atoms with van der Waals surface area (Å²) in [6, 6.07) is 12.1. The van der Waals surface area contributed by atoms with Gasteiger partial charge in [0.1, 0.15) is 0 Å². The number of benzene rings is 1. The van der Waals surface area contributed by atoms with Gasteiger partial charge in [-0.2, -0.15) is 5.26 Å². The minimum atomic E-state index is 0.715. The van der Waals surface area contributed by atoms with E-state index in [4.69, 9.17) is 5.26 Å². The molecule has 0 aliphatic heterocycles. The second kappa shape index (κ2) is 6.50. The average Bonchev–Trinajstić information content (AvgIpc) is 2.46. The van der Waals surface area contributed by atoms with Gasteiger partial charge in [-0.25, -0.2) is 0 Å². The van der Waals surface area contributed by atoms with Gasteiger partial charge < -0.3 is 0 Å². The average molecular weight is 348 g/mol. The van der Waals surface area contributed by atoms with Crippen LogP contribution in [-0.4, -0.2) is 4.98 Å². The molecule has 1 heterocycles. The summed E-state index contributed by atoms with van der Waals surface area (Å²) in [6.07, 6.45) is 5.82. The Kier molecular flexibility index (Phi) is 4.71. The van der Waals surface area contributed by atoms with Crippen molar-refractivity contribution in [2.75, 3.05) is 0 Å². The molecule has 3 heteroatoms. The first-order valence-corrected chi connectivity index (χ1v) is 7.32. The van der Waals surface area contributed by atoms with Crippen molar-refractivity contribution in [1.82, 2.24) is 4.98 Å². The molecule has 0 bridgehead atoms. The predicted molar refractivity (Wildman–Crippen MR) is 80.5 cm³/mol. The summed E-state index contributed by atoms with van der Waals surface area (Å²) in [6.45, 7) is 0. The lowest BCUT2D eigenvalue weighted by molar-refractivity contribution is 0.946. The van der Waals surface area contributed by atoms with Crippen molar-refractivity contribution in [3.63, 3.8) is 0 Å². The Morgan fingerprint density at radius 3 is 2.33 bits per heavy atom. The minimum absolute atomic E-state index is 0.715. The van der Waals surface area contributed by atoms with E-state index in [1.807, 2.05) is 36.7 Å². The fraction of sp³-hybridized carbons (Fsp3) is 0.200. The van der Waals surface area contributed by atoms with Gasteiger partial charge in [-0.1, -0.05) is 40.8 Å². The molecule has 0 atom stereocenters. The first-order chi connectivity index (χ1) is 8.81. The number of alkyl halides is 1. The molecule has 0 fully saturated rings. The van der Waals surface area contributed by atoms with Gasteiger partial charge in [0.15, 0.2) is 0 Å². The minimum Gasteiger partial charge on any atom is -0.264 e. The Morgan fingerprint density at radius 1 is 1.00 bits per heavy atom. The molecule has 18 heavy (non-hydrogen) atoms. The van der Waals surface area contributed by atoms with Crippen LogP contribution in [0.25, 0.3) is 0 Å². The van der Waals surface area contributed by atoms with Crippen molar-refractivity contribution < 1.29 is 0 Å². The standard InChI is InChI=1S/C15H13IN2/c16-8-15-7-14(10-18-11-15)6-3-12-1-4-13(9-17)5-2-12/h1-2,4-5,7,10-11H,3,6,8H2. The summed E-state index contributed by atoms with van der Waals surface area (Å²) in [5, 5.41) is 8.74. The van der Waals surface area contributed by atoms with E-state index in [-0.39, 0.29) is 0 Å². The highest BCUT2D eigenvalue weighted by molar-refractivity contribution is 14.1. The lowest BCUT2D eigenvalue weighted by atomic mass is 10.0. The van der Waals surface area contributed by atoms with Crippen LogP contribution in [0.15, 0.2) is 42.7 Å². The van der Waals surface area contributed by atoms with E-state index in [0.29, 0.717) is 5.56 Å². The van der Waals surface area contributed by atoms with Crippen LogP contribution >= 0.6 is 22.6 Å². The fourth-order valence-electron chi connectivity index (χ4n) is 1.79. The molecule has 0 aliphatic rings. The van der Waals surface area contributed by atoms with Crippen molar-refractivity contribution in [3.8, 4) is 6.07 Å². The van der Waals surface area contributed by atoms with Gasteiger partial charge in [-0.3, -0.25) is 4.98 Å². The van der Waals surface area contributed by atoms with Crippen molar-refractivity contribution >= 4 is 22.6 Å². The molecule has 1 aromatic carbocycles. The molecule has 1 aromatic heterocycles. The summed E-state index contributed by atoms with van der Waals surface area (Å²) in [4.78, 5) is 4.25. The molecule has 90 valence electrons. The van der Waals surface area contributed by atoms with E-state index in [2.05, 4.69) is 39.7 Å². The van der Waals surface area contributed by atoms with E-state index in [1.165, 1.54) is 16.7 Å². The van der Waals surface area contributed by atoms with E-state index in [1.54, 1.807) is 0 Å². The maximum Gasteiger partial charge on any atom is 0.0991 e. The number of nitrogens with zero attached hydrogens (tertiary/aromatic N) is 2. The maximum atomic E-state index is 8.74. The van der Waals surface area contributed by atoms with Gasteiger partial charge in [-0.05, 0) is 41.7 Å². The molecule has 0 saturated carbocycles. The Bertz CT molecular complexity index is 555. The summed E-state index contributed by atoms with van der Waals surface area (Å²) in [5.41, 5.74) is 4.52. The molecule has 2 rings (SSSR count). The molecule has 2 nitrogen and oxygen atoms in total. The molecule has 0 saturated heterocycles. The highest BCUT2D eigenvalue weighted by atomic mass is 127. The number of pyridine rings is 1.